The molecule has 0 aromatic carbocycles. The van der Waals surface area contributed by atoms with Gasteiger partial charge in [0.2, 0.25) is 0 Å². The second-order valence-electron chi connectivity index (χ2n) is 9.36. The summed E-state index contributed by atoms with van der Waals surface area (Å²) >= 11 is 0. The van der Waals surface area contributed by atoms with E-state index in [4.69, 9.17) is 9.47 Å². The van der Waals surface area contributed by atoms with Crippen LogP contribution in [0.5, 0.6) is 0 Å². The summed E-state index contributed by atoms with van der Waals surface area (Å²) < 4.78 is 11.4. The first-order valence-corrected chi connectivity index (χ1v) is 10.9. The highest BCUT2D eigenvalue weighted by atomic mass is 127. The van der Waals surface area contributed by atoms with Gasteiger partial charge in [0.15, 0.2) is 5.96 Å². The molecule has 0 spiro atoms. The molecule has 0 bridgehead atoms. The third-order valence-corrected chi connectivity index (χ3v) is 5.71. The molecule has 1 amide bonds. The first-order chi connectivity index (χ1) is 13.4. The molecule has 168 valence electrons. The molecule has 3 fully saturated rings. The van der Waals surface area contributed by atoms with Crippen molar-refractivity contribution in [1.29, 1.82) is 0 Å². The van der Waals surface area contributed by atoms with Crippen molar-refractivity contribution in [2.45, 2.75) is 77.0 Å². The van der Waals surface area contributed by atoms with Crippen molar-refractivity contribution in [2.24, 2.45) is 10.9 Å². The lowest BCUT2D eigenvalue weighted by Gasteiger charge is -2.40. The van der Waals surface area contributed by atoms with E-state index in [0.717, 1.165) is 64.4 Å². The van der Waals surface area contributed by atoms with Crippen molar-refractivity contribution in [3.63, 3.8) is 0 Å². The SMILES string of the molecule is CN=C(NCC1CCCO1)N1CCC(N(CC2CC2)C(=O)OC(C)(C)C)CC1.I. The quantitative estimate of drug-likeness (QED) is 0.341. The monoisotopic (exact) mass is 522 g/mol. The van der Waals surface area contributed by atoms with E-state index in [1.165, 1.54) is 12.8 Å². The number of carbonyl (C=O) groups excluding carboxylic acids is 1. The fourth-order valence-electron chi connectivity index (χ4n) is 4.00. The van der Waals surface area contributed by atoms with Gasteiger partial charge < -0.3 is 24.6 Å². The highest BCUT2D eigenvalue weighted by molar-refractivity contribution is 14.0. The van der Waals surface area contributed by atoms with Crippen molar-refractivity contribution in [2.75, 3.05) is 39.8 Å². The van der Waals surface area contributed by atoms with E-state index in [2.05, 4.69) is 15.2 Å². The summed E-state index contributed by atoms with van der Waals surface area (Å²) in [6.07, 6.45) is 6.79. The summed E-state index contributed by atoms with van der Waals surface area (Å²) in [5.74, 6) is 1.60. The largest absolute Gasteiger partial charge is 0.444 e. The maximum atomic E-state index is 12.8. The molecule has 8 heteroatoms. The average Bonchev–Trinajstić information content (AvgIpc) is 3.32. The summed E-state index contributed by atoms with van der Waals surface area (Å²) in [5.41, 5.74) is -0.451. The van der Waals surface area contributed by atoms with Crippen molar-refractivity contribution in [3.8, 4) is 0 Å². The van der Waals surface area contributed by atoms with Crippen LogP contribution in [0, 0.1) is 5.92 Å². The van der Waals surface area contributed by atoms with E-state index in [0.29, 0.717) is 12.0 Å². The maximum absolute atomic E-state index is 12.8. The summed E-state index contributed by atoms with van der Waals surface area (Å²) in [6.45, 7) is 10.1. The van der Waals surface area contributed by atoms with Crippen molar-refractivity contribution < 1.29 is 14.3 Å². The fraction of sp³-hybridized carbons (Fsp3) is 0.905. The number of amides is 1. The van der Waals surface area contributed by atoms with Crippen LogP contribution in [0.3, 0.4) is 0 Å². The van der Waals surface area contributed by atoms with Gasteiger partial charge in [-0.1, -0.05) is 0 Å². The third-order valence-electron chi connectivity index (χ3n) is 5.71. The van der Waals surface area contributed by atoms with Gasteiger partial charge in [-0.05, 0) is 65.2 Å². The first kappa shape index (κ1) is 24.5. The number of piperidine rings is 1. The predicted octanol–water partition coefficient (Wildman–Crippen LogP) is 3.47. The van der Waals surface area contributed by atoms with Crippen LogP contribution in [-0.4, -0.2) is 79.4 Å². The summed E-state index contributed by atoms with van der Waals surface area (Å²) in [6, 6.07) is 0.253. The molecule has 0 aromatic rings. The summed E-state index contributed by atoms with van der Waals surface area (Å²) in [4.78, 5) is 21.5. The van der Waals surface area contributed by atoms with E-state index >= 15 is 0 Å². The minimum atomic E-state index is -0.451. The number of halogens is 1. The topological polar surface area (TPSA) is 66.4 Å². The average molecular weight is 522 g/mol. The Morgan fingerprint density at radius 1 is 1.21 bits per heavy atom. The molecular weight excluding hydrogens is 483 g/mol. The number of hydrogen-bond acceptors (Lipinski definition) is 4. The van der Waals surface area contributed by atoms with Crippen LogP contribution < -0.4 is 5.32 Å². The van der Waals surface area contributed by atoms with E-state index in [-0.39, 0.29) is 36.1 Å². The van der Waals surface area contributed by atoms with Gasteiger partial charge in [0, 0.05) is 45.9 Å². The van der Waals surface area contributed by atoms with E-state index < -0.39 is 5.60 Å². The minimum absolute atomic E-state index is 0. The second-order valence-corrected chi connectivity index (χ2v) is 9.36. The Morgan fingerprint density at radius 3 is 2.41 bits per heavy atom. The van der Waals surface area contributed by atoms with Crippen LogP contribution in [0.4, 0.5) is 4.79 Å². The van der Waals surface area contributed by atoms with Gasteiger partial charge in [-0.15, -0.1) is 24.0 Å². The van der Waals surface area contributed by atoms with Crippen LogP contribution in [0.25, 0.3) is 0 Å². The highest BCUT2D eigenvalue weighted by Crippen LogP contribution is 2.32. The van der Waals surface area contributed by atoms with Crippen molar-refractivity contribution in [1.82, 2.24) is 15.1 Å². The smallest absolute Gasteiger partial charge is 0.410 e. The van der Waals surface area contributed by atoms with Gasteiger partial charge in [0.1, 0.15) is 5.60 Å². The zero-order chi connectivity index (χ0) is 20.1. The number of hydrogen-bond donors (Lipinski definition) is 1. The lowest BCUT2D eigenvalue weighted by atomic mass is 10.0. The summed E-state index contributed by atoms with van der Waals surface area (Å²) in [7, 11) is 1.84. The normalized spacial score (nSPS) is 23.5. The number of guanidine groups is 1. The molecule has 2 heterocycles. The molecule has 3 aliphatic rings. The molecule has 7 nitrogen and oxygen atoms in total. The van der Waals surface area contributed by atoms with Gasteiger partial charge in [-0.3, -0.25) is 4.99 Å². The molecule has 2 saturated heterocycles. The van der Waals surface area contributed by atoms with E-state index in [1.54, 1.807) is 0 Å². The minimum Gasteiger partial charge on any atom is -0.444 e. The molecule has 0 aromatic heterocycles. The van der Waals surface area contributed by atoms with E-state index in [1.807, 2.05) is 32.7 Å². The van der Waals surface area contributed by atoms with Gasteiger partial charge in [-0.2, -0.15) is 0 Å². The Balaban J connectivity index is 0.00000300. The molecule has 1 aliphatic carbocycles. The molecular formula is C21H39IN4O3. The number of nitrogens with zero attached hydrogens (tertiary/aromatic N) is 3. The van der Waals surface area contributed by atoms with E-state index in [9.17, 15) is 4.79 Å². The molecule has 1 saturated carbocycles. The Hall–Kier alpha value is -0.770. The Bertz CT molecular complexity index is 549. The molecule has 1 atom stereocenters. The molecule has 2 aliphatic heterocycles. The van der Waals surface area contributed by atoms with Crippen molar-refractivity contribution in [3.05, 3.63) is 0 Å². The highest BCUT2D eigenvalue weighted by Gasteiger charge is 2.35. The van der Waals surface area contributed by atoms with Crippen LogP contribution in [0.1, 0.15) is 59.3 Å². The Labute approximate surface area is 193 Å². The Morgan fingerprint density at radius 2 is 1.90 bits per heavy atom. The number of rotatable bonds is 5. The molecule has 1 unspecified atom stereocenters. The standard InChI is InChI=1S/C21H38N4O3.HI/c1-21(2,3)28-20(26)25(15-16-7-8-16)17-9-11-24(12-10-17)19(22-4)23-14-18-6-5-13-27-18;/h16-18H,5-15H2,1-4H3,(H,22,23);1H. The Kier molecular flexibility index (Phi) is 9.31. The third kappa shape index (κ3) is 7.77. The number of nitrogens with one attached hydrogen (secondary N) is 1. The molecule has 1 N–H and O–H groups in total. The van der Waals surface area contributed by atoms with Gasteiger partial charge >= 0.3 is 6.09 Å². The number of likely N-dealkylation sites (tertiary alicyclic amines) is 1. The van der Waals surface area contributed by atoms with Crippen LogP contribution >= 0.6 is 24.0 Å². The van der Waals surface area contributed by atoms with Crippen LogP contribution in [-0.2, 0) is 9.47 Å². The van der Waals surface area contributed by atoms with Gasteiger partial charge in [-0.25, -0.2) is 4.79 Å². The zero-order valence-electron chi connectivity index (χ0n) is 18.5. The van der Waals surface area contributed by atoms with Crippen LogP contribution in [0.2, 0.25) is 0 Å². The maximum Gasteiger partial charge on any atom is 0.410 e. The summed E-state index contributed by atoms with van der Waals surface area (Å²) in [5, 5.41) is 3.47. The number of carbonyl (C=O) groups is 1. The van der Waals surface area contributed by atoms with Gasteiger partial charge in [0.25, 0.3) is 0 Å². The second kappa shape index (κ2) is 11.0. The van der Waals surface area contributed by atoms with Crippen molar-refractivity contribution >= 4 is 36.0 Å². The predicted molar refractivity (Wildman–Crippen MR) is 126 cm³/mol. The number of aliphatic imine (C=N–C) groups is 1. The van der Waals surface area contributed by atoms with Gasteiger partial charge in [0.05, 0.1) is 6.10 Å². The lowest BCUT2D eigenvalue weighted by Crippen LogP contribution is -2.53. The first-order valence-electron chi connectivity index (χ1n) is 10.9. The molecule has 0 radical (unpaired) electrons. The lowest BCUT2D eigenvalue weighted by molar-refractivity contribution is 0.00924. The fourth-order valence-corrected chi connectivity index (χ4v) is 4.00. The number of ether oxygens (including phenoxy) is 2. The molecule has 3 rings (SSSR count). The zero-order valence-corrected chi connectivity index (χ0v) is 20.8. The van der Waals surface area contributed by atoms with Crippen LogP contribution in [0.15, 0.2) is 4.99 Å². The molecule has 29 heavy (non-hydrogen) atoms.